The molecule has 2 aliphatic rings. The van der Waals surface area contributed by atoms with E-state index in [2.05, 4.69) is 78.0 Å². The van der Waals surface area contributed by atoms with Gasteiger partial charge in [-0.25, -0.2) is 0 Å². The molecule has 1 aromatic carbocycles. The zero-order valence-corrected chi connectivity index (χ0v) is 19.6. The molecule has 0 unspecified atom stereocenters. The second-order valence-corrected chi connectivity index (χ2v) is 11.1. The van der Waals surface area contributed by atoms with Gasteiger partial charge in [0.1, 0.15) is 11.6 Å². The lowest BCUT2D eigenvalue weighted by Crippen LogP contribution is -2.95. The van der Waals surface area contributed by atoms with E-state index in [1.165, 1.54) is 5.56 Å². The topological polar surface area (TPSA) is 52.6 Å². The maximum atomic E-state index is 12.8. The van der Waals surface area contributed by atoms with Gasteiger partial charge in [0, 0.05) is 38.9 Å². The molecule has 0 spiro atoms. The van der Waals surface area contributed by atoms with Crippen LogP contribution in [-0.4, -0.2) is 21.5 Å². The number of rotatable bonds is 4. The number of hydrogen-bond acceptors (Lipinski definition) is 1. The number of hydrogen-bond donors (Lipinski definition) is 3. The highest BCUT2D eigenvalue weighted by Gasteiger charge is 2.67. The first kappa shape index (κ1) is 21.7. The fraction of sp³-hybridized carbons (Fsp3) is 0.500. The molecular formula is C26H35ClN2O. The molecule has 3 nitrogen and oxygen atoms in total. The number of allylic oxidation sites excluding steroid dienone is 1. The quantitative estimate of drug-likeness (QED) is 0.372. The molecule has 4 heteroatoms. The monoisotopic (exact) mass is 426 g/mol. The molecule has 0 amide bonds. The largest absolute Gasteiger partial charge is 0.473 e. The first-order valence-corrected chi connectivity index (χ1v) is 11.3. The van der Waals surface area contributed by atoms with E-state index in [-0.39, 0.29) is 28.2 Å². The van der Waals surface area contributed by atoms with E-state index in [4.69, 9.17) is 11.6 Å². The third kappa shape index (κ3) is 2.40. The van der Waals surface area contributed by atoms with Gasteiger partial charge in [-0.3, -0.25) is 0 Å². The molecule has 1 heterocycles. The van der Waals surface area contributed by atoms with Crippen molar-refractivity contribution in [1.29, 1.82) is 0 Å². The van der Waals surface area contributed by atoms with E-state index in [1.54, 1.807) is 0 Å². The molecule has 4 rings (SSSR count). The average molecular weight is 427 g/mol. The van der Waals surface area contributed by atoms with Crippen molar-refractivity contribution >= 4 is 22.5 Å². The van der Waals surface area contributed by atoms with Gasteiger partial charge in [-0.1, -0.05) is 52.0 Å². The lowest BCUT2D eigenvalue weighted by atomic mass is 9.48. The number of fused-ring (bicyclic) bond motifs is 2. The SMILES string of the molecule is C=CC(C)(C)c1[nH]c2cccc3c2c1[C@]1(O)[C@H](C[C@@H](Cl)[C@](C)(C=C)[C@@H]1[NH2+][CH2-])C3(C)C. The summed E-state index contributed by atoms with van der Waals surface area (Å²) < 4.78 is 0. The normalized spacial score (nSPS) is 35.1. The predicted molar refractivity (Wildman–Crippen MR) is 126 cm³/mol. The van der Waals surface area contributed by atoms with Crippen LogP contribution in [0, 0.1) is 18.4 Å². The number of quaternary nitrogens is 1. The minimum atomic E-state index is -1.12. The fourth-order valence-corrected chi connectivity index (χ4v) is 6.75. The first-order chi connectivity index (χ1) is 13.9. The second kappa shape index (κ2) is 6.48. The van der Waals surface area contributed by atoms with E-state index in [0.29, 0.717) is 6.42 Å². The highest BCUT2D eigenvalue weighted by atomic mass is 35.5. The Labute approximate surface area is 185 Å². The fourth-order valence-electron chi connectivity index (χ4n) is 6.35. The van der Waals surface area contributed by atoms with Crippen LogP contribution in [0.25, 0.3) is 10.9 Å². The third-order valence-electron chi connectivity index (χ3n) is 8.41. The smallest absolute Gasteiger partial charge is 0.146 e. The Hall–Kier alpha value is -1.55. The number of alkyl halides is 1. The highest BCUT2D eigenvalue weighted by Crippen LogP contribution is 2.62. The number of nitrogens with one attached hydrogen (secondary N) is 1. The number of H-pyrrole nitrogens is 1. The van der Waals surface area contributed by atoms with Crippen LogP contribution in [-0.2, 0) is 16.4 Å². The van der Waals surface area contributed by atoms with Crippen LogP contribution in [0.15, 0.2) is 43.5 Å². The maximum Gasteiger partial charge on any atom is 0.146 e. The Morgan fingerprint density at radius 2 is 1.97 bits per heavy atom. The summed E-state index contributed by atoms with van der Waals surface area (Å²) in [6, 6.07) is 6.15. The van der Waals surface area contributed by atoms with Crippen molar-refractivity contribution in [3.05, 3.63) is 67.4 Å². The average Bonchev–Trinajstić information content (AvgIpc) is 3.11. The standard InChI is InChI=1S/C26H35ClN2O/c1-9-23(3,4)21-20-19-15(12-11-13-16(19)29-21)24(5,6)17-14-18(27)25(7,10-2)22(28-8)26(17,20)30/h9-13,17-18,22,29-30H,1-2,8,14,28H2,3-7H3/t17-,18-,22+,25+,26-/m1/s1. The van der Waals surface area contributed by atoms with Crippen molar-refractivity contribution < 1.29 is 10.4 Å². The van der Waals surface area contributed by atoms with Crippen LogP contribution in [0.4, 0.5) is 0 Å². The molecule has 0 aliphatic heterocycles. The lowest BCUT2D eigenvalue weighted by molar-refractivity contribution is -0.672. The molecule has 1 aromatic heterocycles. The molecule has 2 aromatic rings. The van der Waals surface area contributed by atoms with Gasteiger partial charge in [0.05, 0.1) is 5.41 Å². The summed E-state index contributed by atoms with van der Waals surface area (Å²) in [6.45, 7) is 19.1. The van der Waals surface area contributed by atoms with Crippen molar-refractivity contribution in [2.45, 2.75) is 68.9 Å². The van der Waals surface area contributed by atoms with Crippen molar-refractivity contribution in [1.82, 2.24) is 4.98 Å². The van der Waals surface area contributed by atoms with Crippen LogP contribution in [0.1, 0.15) is 57.9 Å². The molecule has 1 saturated carbocycles. The van der Waals surface area contributed by atoms with Gasteiger partial charge in [0.15, 0.2) is 0 Å². The summed E-state index contributed by atoms with van der Waals surface area (Å²) in [5.74, 6) is -0.0585. The number of aromatic amines is 1. The Kier molecular flexibility index (Phi) is 4.68. The Morgan fingerprint density at radius 3 is 2.53 bits per heavy atom. The molecule has 30 heavy (non-hydrogen) atoms. The molecule has 162 valence electrons. The molecular weight excluding hydrogens is 392 g/mol. The van der Waals surface area contributed by atoms with Crippen LogP contribution in [0.2, 0.25) is 0 Å². The van der Waals surface area contributed by atoms with Crippen LogP contribution in [0.5, 0.6) is 0 Å². The van der Waals surface area contributed by atoms with Gasteiger partial charge >= 0.3 is 0 Å². The van der Waals surface area contributed by atoms with E-state index >= 15 is 0 Å². The van der Waals surface area contributed by atoms with Crippen LogP contribution >= 0.6 is 11.6 Å². The van der Waals surface area contributed by atoms with Gasteiger partial charge in [0.2, 0.25) is 0 Å². The summed E-state index contributed by atoms with van der Waals surface area (Å²) in [7, 11) is 4.17. The summed E-state index contributed by atoms with van der Waals surface area (Å²) in [5, 5.41) is 15.7. The van der Waals surface area contributed by atoms with E-state index < -0.39 is 11.0 Å². The van der Waals surface area contributed by atoms with Crippen LogP contribution < -0.4 is 5.32 Å². The van der Waals surface area contributed by atoms with Crippen molar-refractivity contribution in [3.63, 3.8) is 0 Å². The number of nitrogens with two attached hydrogens (primary N) is 1. The van der Waals surface area contributed by atoms with Gasteiger partial charge in [-0.2, -0.15) is 7.05 Å². The molecule has 1 fully saturated rings. The Bertz CT molecular complexity index is 1040. The number of halogens is 1. The summed E-state index contributed by atoms with van der Waals surface area (Å²) in [4.78, 5) is 3.66. The summed E-state index contributed by atoms with van der Waals surface area (Å²) >= 11 is 7.01. The zero-order valence-electron chi connectivity index (χ0n) is 18.8. The Balaban J connectivity index is 2.19. The summed E-state index contributed by atoms with van der Waals surface area (Å²) in [6.07, 6.45) is 4.57. The predicted octanol–water partition coefficient (Wildman–Crippen LogP) is 4.65. The molecule has 5 atom stereocenters. The number of benzene rings is 1. The van der Waals surface area contributed by atoms with Crippen LogP contribution in [0.3, 0.4) is 0 Å². The highest BCUT2D eigenvalue weighted by molar-refractivity contribution is 6.21. The van der Waals surface area contributed by atoms with Gasteiger partial charge in [-0.15, -0.1) is 24.8 Å². The second-order valence-electron chi connectivity index (χ2n) is 10.6. The summed E-state index contributed by atoms with van der Waals surface area (Å²) in [5.41, 5.74) is 2.15. The molecule has 0 radical (unpaired) electrons. The van der Waals surface area contributed by atoms with Crippen molar-refractivity contribution in [2.75, 3.05) is 0 Å². The lowest BCUT2D eigenvalue weighted by Gasteiger charge is -2.60. The molecule has 0 saturated heterocycles. The van der Waals surface area contributed by atoms with Gasteiger partial charge in [-0.05, 0) is 30.4 Å². The molecule has 0 bridgehead atoms. The van der Waals surface area contributed by atoms with Crippen molar-refractivity contribution in [3.8, 4) is 0 Å². The van der Waals surface area contributed by atoms with E-state index in [0.717, 1.165) is 22.2 Å². The first-order valence-electron chi connectivity index (χ1n) is 10.8. The van der Waals surface area contributed by atoms with E-state index in [1.807, 2.05) is 17.5 Å². The van der Waals surface area contributed by atoms with Gasteiger partial charge < -0.3 is 15.4 Å². The number of aliphatic hydroxyl groups is 1. The number of aromatic nitrogens is 1. The maximum absolute atomic E-state index is 12.8. The Morgan fingerprint density at radius 1 is 1.30 bits per heavy atom. The van der Waals surface area contributed by atoms with E-state index in [9.17, 15) is 5.11 Å². The minimum absolute atomic E-state index is 0.0585. The zero-order chi connectivity index (χ0) is 22.3. The molecule has 2 aliphatic carbocycles. The molecule has 4 N–H and O–H groups in total. The van der Waals surface area contributed by atoms with Crippen molar-refractivity contribution in [2.24, 2.45) is 11.3 Å². The van der Waals surface area contributed by atoms with Gasteiger partial charge in [0.25, 0.3) is 0 Å². The third-order valence-corrected chi connectivity index (χ3v) is 9.06. The minimum Gasteiger partial charge on any atom is -0.473 e.